The first kappa shape index (κ1) is 13.5. The van der Waals surface area contributed by atoms with Gasteiger partial charge in [-0.2, -0.15) is 0 Å². The summed E-state index contributed by atoms with van der Waals surface area (Å²) in [6.07, 6.45) is 4.92. The number of likely N-dealkylation sites (N-methyl/N-ethyl adjacent to an activating group) is 1. The van der Waals surface area contributed by atoms with Crippen molar-refractivity contribution in [3.05, 3.63) is 0 Å². The number of carbonyl (C=O) groups excluding carboxylic acids is 1. The third-order valence-electron chi connectivity index (χ3n) is 3.26. The Hall–Kier alpha value is -0.610. The van der Waals surface area contributed by atoms with Crippen molar-refractivity contribution in [2.45, 2.75) is 38.2 Å². The molecule has 4 heteroatoms. The maximum atomic E-state index is 11.7. The Kier molecular flexibility index (Phi) is 5.77. The van der Waals surface area contributed by atoms with Crippen LogP contribution in [0.3, 0.4) is 0 Å². The summed E-state index contributed by atoms with van der Waals surface area (Å²) in [5.41, 5.74) is 0. The second-order valence-corrected chi connectivity index (χ2v) is 4.72. The lowest BCUT2D eigenvalue weighted by Gasteiger charge is -2.26. The van der Waals surface area contributed by atoms with E-state index in [-0.39, 0.29) is 12.5 Å². The molecule has 0 heterocycles. The zero-order valence-corrected chi connectivity index (χ0v) is 10.3. The van der Waals surface area contributed by atoms with Gasteiger partial charge in [-0.25, -0.2) is 0 Å². The summed E-state index contributed by atoms with van der Waals surface area (Å²) in [6, 6.07) is 0. The minimum absolute atomic E-state index is 0.127. The normalized spacial score (nSPS) is 17.9. The van der Waals surface area contributed by atoms with E-state index in [1.165, 1.54) is 19.3 Å². The van der Waals surface area contributed by atoms with E-state index in [4.69, 9.17) is 4.74 Å². The second kappa shape index (κ2) is 6.86. The predicted molar refractivity (Wildman–Crippen MR) is 62.1 cm³/mol. The molecule has 0 aromatic carbocycles. The molecule has 4 nitrogen and oxygen atoms in total. The van der Waals surface area contributed by atoms with Gasteiger partial charge in [0, 0.05) is 27.1 Å². The molecule has 1 amide bonds. The van der Waals surface area contributed by atoms with Crippen molar-refractivity contribution in [1.29, 1.82) is 0 Å². The van der Waals surface area contributed by atoms with Crippen molar-refractivity contribution in [3.8, 4) is 0 Å². The van der Waals surface area contributed by atoms with Gasteiger partial charge in [0.15, 0.2) is 0 Å². The Balaban J connectivity index is 2.13. The van der Waals surface area contributed by atoms with Crippen LogP contribution in [0.2, 0.25) is 0 Å². The monoisotopic (exact) mass is 229 g/mol. The van der Waals surface area contributed by atoms with Crippen LogP contribution in [0.1, 0.15) is 32.1 Å². The summed E-state index contributed by atoms with van der Waals surface area (Å²) in [6.45, 7) is 0.636. The maximum Gasteiger partial charge on any atom is 0.222 e. The Morgan fingerprint density at radius 1 is 1.56 bits per heavy atom. The van der Waals surface area contributed by atoms with Crippen LogP contribution < -0.4 is 0 Å². The maximum absolute atomic E-state index is 11.7. The Morgan fingerprint density at radius 3 is 2.75 bits per heavy atom. The predicted octanol–water partition coefficient (Wildman–Crippen LogP) is 1.03. The van der Waals surface area contributed by atoms with E-state index < -0.39 is 6.10 Å². The quantitative estimate of drug-likeness (QED) is 0.709. The molecule has 1 atom stereocenters. The molecular formula is C12H23NO3. The number of carbonyl (C=O) groups is 1. The molecule has 0 aliphatic heterocycles. The average molecular weight is 229 g/mol. The van der Waals surface area contributed by atoms with Gasteiger partial charge in [0.25, 0.3) is 0 Å². The van der Waals surface area contributed by atoms with E-state index in [9.17, 15) is 9.90 Å². The number of hydrogen-bond acceptors (Lipinski definition) is 3. The highest BCUT2D eigenvalue weighted by Crippen LogP contribution is 2.30. The number of hydrogen-bond donors (Lipinski definition) is 1. The van der Waals surface area contributed by atoms with Gasteiger partial charge < -0.3 is 14.7 Å². The van der Waals surface area contributed by atoms with Crippen LogP contribution in [0, 0.1) is 5.92 Å². The number of ether oxygens (including phenoxy) is 1. The van der Waals surface area contributed by atoms with Gasteiger partial charge in [-0.15, -0.1) is 0 Å². The van der Waals surface area contributed by atoms with Crippen molar-refractivity contribution in [2.75, 3.05) is 27.3 Å². The molecule has 1 saturated carbocycles. The minimum Gasteiger partial charge on any atom is -0.389 e. The number of nitrogens with zero attached hydrogens (tertiary/aromatic N) is 1. The van der Waals surface area contributed by atoms with E-state index in [0.29, 0.717) is 13.0 Å². The Morgan fingerprint density at radius 2 is 2.25 bits per heavy atom. The number of methoxy groups -OCH3 is 1. The fourth-order valence-corrected chi connectivity index (χ4v) is 1.96. The zero-order chi connectivity index (χ0) is 12.0. The second-order valence-electron chi connectivity index (χ2n) is 4.72. The topological polar surface area (TPSA) is 49.8 Å². The Bertz CT molecular complexity index is 216. The van der Waals surface area contributed by atoms with Crippen LogP contribution in [0.25, 0.3) is 0 Å². The number of amides is 1. The van der Waals surface area contributed by atoms with Crippen molar-refractivity contribution in [2.24, 2.45) is 5.92 Å². The largest absolute Gasteiger partial charge is 0.389 e. The number of aliphatic hydroxyl groups excluding tert-OH is 1. The zero-order valence-electron chi connectivity index (χ0n) is 10.3. The van der Waals surface area contributed by atoms with Crippen LogP contribution in [0.15, 0.2) is 0 Å². The lowest BCUT2D eigenvalue weighted by molar-refractivity contribution is -0.132. The van der Waals surface area contributed by atoms with Crippen LogP contribution in [0.5, 0.6) is 0 Å². The van der Waals surface area contributed by atoms with E-state index in [0.717, 1.165) is 12.3 Å². The third kappa shape index (κ3) is 4.49. The molecule has 0 aromatic rings. The molecule has 1 fully saturated rings. The lowest BCUT2D eigenvalue weighted by atomic mass is 9.82. The smallest absolute Gasteiger partial charge is 0.222 e. The van der Waals surface area contributed by atoms with Crippen LogP contribution >= 0.6 is 0 Å². The molecule has 0 aromatic heterocycles. The van der Waals surface area contributed by atoms with Gasteiger partial charge in [0.05, 0.1) is 12.7 Å². The molecule has 0 bridgehead atoms. The molecule has 16 heavy (non-hydrogen) atoms. The minimum atomic E-state index is -0.581. The molecule has 0 saturated heterocycles. The van der Waals surface area contributed by atoms with Crippen LogP contribution in [0.4, 0.5) is 0 Å². The summed E-state index contributed by atoms with van der Waals surface area (Å²) in [5, 5.41) is 9.48. The van der Waals surface area contributed by atoms with Crippen molar-refractivity contribution in [1.82, 2.24) is 4.90 Å². The van der Waals surface area contributed by atoms with Gasteiger partial charge in [-0.05, 0) is 12.3 Å². The van der Waals surface area contributed by atoms with Crippen molar-refractivity contribution < 1.29 is 14.6 Å². The van der Waals surface area contributed by atoms with Crippen molar-refractivity contribution in [3.63, 3.8) is 0 Å². The molecule has 1 aliphatic carbocycles. The summed E-state index contributed by atoms with van der Waals surface area (Å²) in [5.74, 6) is 0.892. The first-order chi connectivity index (χ1) is 7.63. The first-order valence-corrected chi connectivity index (χ1v) is 6.04. The highest BCUT2D eigenvalue weighted by Gasteiger charge is 2.20. The molecule has 1 unspecified atom stereocenters. The SMILES string of the molecule is COCC(O)CN(C)C(=O)CCC1CCC1. The average Bonchev–Trinajstić information content (AvgIpc) is 2.15. The van der Waals surface area contributed by atoms with E-state index in [2.05, 4.69) is 0 Å². The van der Waals surface area contributed by atoms with Crippen LogP contribution in [-0.2, 0) is 9.53 Å². The summed E-state index contributed by atoms with van der Waals surface area (Å²) in [4.78, 5) is 13.3. The van der Waals surface area contributed by atoms with Gasteiger partial charge >= 0.3 is 0 Å². The molecule has 1 aliphatic rings. The van der Waals surface area contributed by atoms with Gasteiger partial charge in [-0.1, -0.05) is 19.3 Å². The fourth-order valence-electron chi connectivity index (χ4n) is 1.96. The van der Waals surface area contributed by atoms with Crippen molar-refractivity contribution >= 4 is 5.91 Å². The Labute approximate surface area is 97.6 Å². The first-order valence-electron chi connectivity index (χ1n) is 6.04. The van der Waals surface area contributed by atoms with Gasteiger partial charge in [-0.3, -0.25) is 4.79 Å². The molecule has 1 N–H and O–H groups in total. The van der Waals surface area contributed by atoms with Gasteiger partial charge in [0.2, 0.25) is 5.91 Å². The van der Waals surface area contributed by atoms with E-state index in [1.54, 1.807) is 19.1 Å². The number of aliphatic hydroxyl groups is 1. The third-order valence-corrected chi connectivity index (χ3v) is 3.26. The lowest BCUT2D eigenvalue weighted by Crippen LogP contribution is -2.36. The molecule has 0 spiro atoms. The standard InChI is InChI=1S/C12H23NO3/c1-13(8-11(14)9-16-2)12(15)7-6-10-4-3-5-10/h10-11,14H,3-9H2,1-2H3. The van der Waals surface area contributed by atoms with E-state index >= 15 is 0 Å². The molecule has 0 radical (unpaired) electrons. The van der Waals surface area contributed by atoms with Crippen LogP contribution in [-0.4, -0.2) is 49.3 Å². The summed E-state index contributed by atoms with van der Waals surface area (Å²) in [7, 11) is 3.28. The van der Waals surface area contributed by atoms with E-state index in [1.807, 2.05) is 0 Å². The summed E-state index contributed by atoms with van der Waals surface area (Å²) < 4.78 is 4.82. The highest BCUT2D eigenvalue weighted by atomic mass is 16.5. The number of rotatable bonds is 7. The molecule has 94 valence electrons. The summed E-state index contributed by atoms with van der Waals surface area (Å²) >= 11 is 0. The van der Waals surface area contributed by atoms with Gasteiger partial charge in [0.1, 0.15) is 0 Å². The fraction of sp³-hybridized carbons (Fsp3) is 0.917. The molecular weight excluding hydrogens is 206 g/mol. The highest BCUT2D eigenvalue weighted by molar-refractivity contribution is 5.75. The molecule has 1 rings (SSSR count).